The second-order valence-electron chi connectivity index (χ2n) is 5.41. The molecular formula is C17H23F3O2. The maximum Gasteiger partial charge on any atom is 0.491 e. The van der Waals surface area contributed by atoms with Gasteiger partial charge in [0.05, 0.1) is 0 Å². The Morgan fingerprint density at radius 1 is 1.05 bits per heavy atom. The Morgan fingerprint density at radius 2 is 1.68 bits per heavy atom. The van der Waals surface area contributed by atoms with E-state index in [1.165, 1.54) is 44.2 Å². The van der Waals surface area contributed by atoms with Gasteiger partial charge in [-0.2, -0.15) is 13.2 Å². The van der Waals surface area contributed by atoms with Gasteiger partial charge in [-0.3, -0.25) is 0 Å². The first-order chi connectivity index (χ1) is 10.4. The van der Waals surface area contributed by atoms with Crippen molar-refractivity contribution in [3.05, 3.63) is 29.8 Å². The fraction of sp³-hybridized carbons (Fsp3) is 0.588. The Bertz CT molecular complexity index is 455. The van der Waals surface area contributed by atoms with E-state index in [2.05, 4.69) is 11.7 Å². The van der Waals surface area contributed by atoms with Gasteiger partial charge in [0, 0.05) is 0 Å². The van der Waals surface area contributed by atoms with Gasteiger partial charge in [-0.1, -0.05) is 57.6 Å². The topological polar surface area (TPSA) is 26.3 Å². The maximum absolute atomic E-state index is 12.1. The Labute approximate surface area is 129 Å². The van der Waals surface area contributed by atoms with E-state index < -0.39 is 12.1 Å². The summed E-state index contributed by atoms with van der Waals surface area (Å²) in [5, 5.41) is 0. The first-order valence-corrected chi connectivity index (χ1v) is 7.81. The van der Waals surface area contributed by atoms with Crippen molar-refractivity contribution >= 4 is 5.97 Å². The summed E-state index contributed by atoms with van der Waals surface area (Å²) in [7, 11) is 0. The Hall–Kier alpha value is -1.52. The van der Waals surface area contributed by atoms with Crippen LogP contribution in [0.5, 0.6) is 5.75 Å². The molecule has 5 heteroatoms. The predicted octanol–water partition coefficient (Wildman–Crippen LogP) is 5.45. The summed E-state index contributed by atoms with van der Waals surface area (Å²) in [5.74, 6) is -2.23. The lowest BCUT2D eigenvalue weighted by Crippen LogP contribution is -2.27. The van der Waals surface area contributed by atoms with E-state index >= 15 is 0 Å². The summed E-state index contributed by atoms with van der Waals surface area (Å²) in [6.07, 6.45) is 4.09. The number of alkyl halides is 3. The molecule has 1 rings (SSSR count). The molecule has 0 heterocycles. The molecule has 0 unspecified atom stereocenters. The third-order valence-electron chi connectivity index (χ3n) is 3.41. The minimum Gasteiger partial charge on any atom is -0.420 e. The van der Waals surface area contributed by atoms with Gasteiger partial charge in [0.25, 0.3) is 0 Å². The van der Waals surface area contributed by atoms with Gasteiger partial charge in [0.2, 0.25) is 0 Å². The van der Waals surface area contributed by atoms with Crippen LogP contribution in [0.4, 0.5) is 13.2 Å². The van der Waals surface area contributed by atoms with E-state index in [4.69, 9.17) is 0 Å². The van der Waals surface area contributed by atoms with E-state index in [0.717, 1.165) is 24.8 Å². The molecule has 1 aromatic carbocycles. The number of hydrogen-bond donors (Lipinski definition) is 0. The van der Waals surface area contributed by atoms with Gasteiger partial charge < -0.3 is 4.74 Å². The molecule has 22 heavy (non-hydrogen) atoms. The number of halogens is 3. The van der Waals surface area contributed by atoms with Crippen LogP contribution in [0.3, 0.4) is 0 Å². The molecule has 2 nitrogen and oxygen atoms in total. The number of ether oxygens (including phenoxy) is 1. The zero-order valence-corrected chi connectivity index (χ0v) is 12.9. The van der Waals surface area contributed by atoms with Crippen LogP contribution >= 0.6 is 0 Å². The molecule has 0 spiro atoms. The number of esters is 1. The van der Waals surface area contributed by atoms with Gasteiger partial charge in [-0.25, -0.2) is 4.79 Å². The third kappa shape index (κ3) is 7.48. The SMILES string of the molecule is CCCCCCCCCc1cccc(OC(=O)C(F)(F)F)c1. The molecule has 0 amide bonds. The zero-order chi connectivity index (χ0) is 16.4. The van der Waals surface area contributed by atoms with Crippen LogP contribution in [-0.2, 0) is 11.2 Å². The molecule has 0 atom stereocenters. The Morgan fingerprint density at radius 3 is 2.32 bits per heavy atom. The summed E-state index contributed by atoms with van der Waals surface area (Å²) < 4.78 is 40.7. The van der Waals surface area contributed by atoms with E-state index in [1.807, 2.05) is 6.07 Å². The Kier molecular flexibility index (Phi) is 7.99. The molecule has 0 saturated heterocycles. The monoisotopic (exact) mass is 316 g/mol. The second-order valence-corrected chi connectivity index (χ2v) is 5.41. The van der Waals surface area contributed by atoms with E-state index in [1.54, 1.807) is 6.07 Å². The molecular weight excluding hydrogens is 293 g/mol. The molecule has 0 aliphatic rings. The number of aryl methyl sites for hydroxylation is 1. The zero-order valence-electron chi connectivity index (χ0n) is 12.9. The van der Waals surface area contributed by atoms with Crippen molar-refractivity contribution < 1.29 is 22.7 Å². The highest BCUT2D eigenvalue weighted by atomic mass is 19.4. The average molecular weight is 316 g/mol. The molecule has 0 radical (unpaired) electrons. The molecule has 0 bridgehead atoms. The number of hydrogen-bond acceptors (Lipinski definition) is 2. The van der Waals surface area contributed by atoms with Crippen molar-refractivity contribution in [1.82, 2.24) is 0 Å². The molecule has 0 saturated carbocycles. The highest BCUT2D eigenvalue weighted by molar-refractivity contribution is 5.78. The van der Waals surface area contributed by atoms with E-state index in [9.17, 15) is 18.0 Å². The van der Waals surface area contributed by atoms with Crippen LogP contribution in [0, 0.1) is 0 Å². The van der Waals surface area contributed by atoms with Crippen molar-refractivity contribution in [3.63, 3.8) is 0 Å². The highest BCUT2D eigenvalue weighted by Gasteiger charge is 2.41. The largest absolute Gasteiger partial charge is 0.491 e. The van der Waals surface area contributed by atoms with Crippen LogP contribution in [0.15, 0.2) is 24.3 Å². The number of benzene rings is 1. The van der Waals surface area contributed by atoms with Crippen molar-refractivity contribution in [1.29, 1.82) is 0 Å². The van der Waals surface area contributed by atoms with E-state index in [-0.39, 0.29) is 5.75 Å². The van der Waals surface area contributed by atoms with Gasteiger partial charge in [0.15, 0.2) is 0 Å². The van der Waals surface area contributed by atoms with Gasteiger partial charge in [-0.15, -0.1) is 0 Å². The standard InChI is InChI=1S/C17H23F3O2/c1-2-3-4-5-6-7-8-10-14-11-9-12-15(13-14)22-16(21)17(18,19)20/h9,11-13H,2-8,10H2,1H3. The number of carbonyl (C=O) groups excluding carboxylic acids is 1. The molecule has 0 fully saturated rings. The fourth-order valence-corrected chi connectivity index (χ4v) is 2.22. The van der Waals surface area contributed by atoms with Crippen LogP contribution in [0.2, 0.25) is 0 Å². The summed E-state index contributed by atoms with van der Waals surface area (Å²) in [4.78, 5) is 10.8. The van der Waals surface area contributed by atoms with E-state index in [0.29, 0.717) is 0 Å². The number of carbonyl (C=O) groups is 1. The first kappa shape index (κ1) is 18.5. The summed E-state index contributed by atoms with van der Waals surface area (Å²) >= 11 is 0. The minimum atomic E-state index is -4.96. The summed E-state index contributed by atoms with van der Waals surface area (Å²) in [6, 6.07) is 6.30. The number of unbranched alkanes of at least 4 members (excludes halogenated alkanes) is 6. The fourth-order valence-electron chi connectivity index (χ4n) is 2.22. The van der Waals surface area contributed by atoms with Gasteiger partial charge in [0.1, 0.15) is 5.75 Å². The summed E-state index contributed by atoms with van der Waals surface area (Å²) in [6.45, 7) is 2.18. The minimum absolute atomic E-state index is 0.0530. The molecule has 0 N–H and O–H groups in total. The lowest BCUT2D eigenvalue weighted by Gasteiger charge is -2.08. The van der Waals surface area contributed by atoms with Crippen molar-refractivity contribution in [2.45, 2.75) is 64.5 Å². The molecule has 1 aromatic rings. The quantitative estimate of drug-likeness (QED) is 0.344. The first-order valence-electron chi connectivity index (χ1n) is 7.81. The number of rotatable bonds is 9. The predicted molar refractivity (Wildman–Crippen MR) is 79.8 cm³/mol. The smallest absolute Gasteiger partial charge is 0.420 e. The molecule has 0 aliphatic carbocycles. The molecule has 0 aliphatic heterocycles. The lowest BCUT2D eigenvalue weighted by molar-refractivity contribution is -0.189. The highest BCUT2D eigenvalue weighted by Crippen LogP contribution is 2.21. The maximum atomic E-state index is 12.1. The van der Waals surface area contributed by atoms with Crippen LogP contribution in [0.25, 0.3) is 0 Å². The van der Waals surface area contributed by atoms with Crippen molar-refractivity contribution in [3.8, 4) is 5.75 Å². The van der Waals surface area contributed by atoms with Crippen LogP contribution in [-0.4, -0.2) is 12.1 Å². The third-order valence-corrected chi connectivity index (χ3v) is 3.41. The van der Waals surface area contributed by atoms with Crippen molar-refractivity contribution in [2.75, 3.05) is 0 Å². The normalized spacial score (nSPS) is 11.5. The summed E-state index contributed by atoms with van der Waals surface area (Å²) in [5.41, 5.74) is 0.890. The van der Waals surface area contributed by atoms with Gasteiger partial charge in [-0.05, 0) is 30.5 Å². The second kappa shape index (κ2) is 9.49. The lowest BCUT2D eigenvalue weighted by atomic mass is 10.0. The van der Waals surface area contributed by atoms with Gasteiger partial charge >= 0.3 is 12.1 Å². The van der Waals surface area contributed by atoms with Crippen LogP contribution < -0.4 is 4.74 Å². The molecule has 124 valence electrons. The average Bonchev–Trinajstić information content (AvgIpc) is 2.46. The van der Waals surface area contributed by atoms with Crippen LogP contribution in [0.1, 0.15) is 57.4 Å². The molecule has 0 aromatic heterocycles. The Balaban J connectivity index is 2.34. The van der Waals surface area contributed by atoms with Crippen molar-refractivity contribution in [2.24, 2.45) is 0 Å².